The van der Waals surface area contributed by atoms with E-state index in [1.165, 1.54) is 0 Å². The minimum Gasteiger partial charge on any atom is -0.507 e. The van der Waals surface area contributed by atoms with E-state index < -0.39 is 17.2 Å². The van der Waals surface area contributed by atoms with Crippen LogP contribution in [0.1, 0.15) is 82.5 Å². The summed E-state index contributed by atoms with van der Waals surface area (Å²) in [7, 11) is 0. The first-order valence-corrected chi connectivity index (χ1v) is 12.0. The predicted molar refractivity (Wildman–Crippen MR) is 144 cm³/mol. The third-order valence-electron chi connectivity index (χ3n) is 7.13. The maximum atomic E-state index is 12.0. The lowest BCUT2D eigenvalue weighted by Crippen LogP contribution is -2.00. The Morgan fingerprint density at radius 3 is 1.59 bits per heavy atom. The average molecular weight is 503 g/mol. The number of carbonyl (C=O) groups is 2. The number of rotatable bonds is 5. The number of carbonyl (C=O) groups excluding carboxylic acids is 2. The minimum absolute atomic E-state index is 0.0747. The molecule has 192 valence electrons. The van der Waals surface area contributed by atoms with Gasteiger partial charge in [-0.05, 0) is 64.6 Å². The van der Waals surface area contributed by atoms with Crippen LogP contribution >= 0.6 is 0 Å². The summed E-state index contributed by atoms with van der Waals surface area (Å²) in [5.41, 5.74) is 2.88. The van der Waals surface area contributed by atoms with Crippen molar-refractivity contribution >= 4 is 34.1 Å². The zero-order valence-electron chi connectivity index (χ0n) is 21.6. The van der Waals surface area contributed by atoms with Crippen molar-refractivity contribution in [3.8, 4) is 39.9 Å². The number of fused-ring (bicyclic) bond motifs is 2. The van der Waals surface area contributed by atoms with E-state index in [-0.39, 0.29) is 39.8 Å². The van der Waals surface area contributed by atoms with E-state index in [4.69, 9.17) is 0 Å². The van der Waals surface area contributed by atoms with Gasteiger partial charge >= 0.3 is 0 Å². The summed E-state index contributed by atoms with van der Waals surface area (Å²) in [6.45, 7) is 11.0. The van der Waals surface area contributed by atoms with Gasteiger partial charge in [-0.3, -0.25) is 9.59 Å². The first-order valence-electron chi connectivity index (χ1n) is 12.0. The molecule has 0 unspecified atom stereocenters. The lowest BCUT2D eigenvalue weighted by atomic mass is 9.84. The second-order valence-corrected chi connectivity index (χ2v) is 10.1. The smallest absolute Gasteiger partial charge is 0.169 e. The maximum Gasteiger partial charge on any atom is 0.169 e. The van der Waals surface area contributed by atoms with Crippen LogP contribution in [0.15, 0.2) is 18.2 Å². The number of aromatic hydroxyl groups is 5. The Balaban J connectivity index is 2.22. The zero-order chi connectivity index (χ0) is 27.5. The Morgan fingerprint density at radius 2 is 1.08 bits per heavy atom. The lowest BCUT2D eigenvalue weighted by molar-refractivity contribution is 0.111. The number of hydrogen-bond acceptors (Lipinski definition) is 7. The third kappa shape index (κ3) is 3.65. The van der Waals surface area contributed by atoms with E-state index in [1.54, 1.807) is 25.1 Å². The summed E-state index contributed by atoms with van der Waals surface area (Å²) in [5, 5.41) is 55.6. The molecule has 0 radical (unpaired) electrons. The molecule has 4 aromatic carbocycles. The Kier molecular flexibility index (Phi) is 6.28. The third-order valence-corrected chi connectivity index (χ3v) is 7.13. The average Bonchev–Trinajstić information content (AvgIpc) is 2.81. The summed E-state index contributed by atoms with van der Waals surface area (Å²) < 4.78 is 0. The van der Waals surface area contributed by atoms with Crippen LogP contribution in [0, 0.1) is 13.8 Å². The van der Waals surface area contributed by atoms with Crippen LogP contribution < -0.4 is 0 Å². The van der Waals surface area contributed by atoms with Crippen LogP contribution in [0.5, 0.6) is 28.7 Å². The summed E-state index contributed by atoms with van der Waals surface area (Å²) >= 11 is 0. The molecule has 0 spiro atoms. The molecular formula is C30H30O7. The van der Waals surface area contributed by atoms with E-state index in [2.05, 4.69) is 0 Å². The summed E-state index contributed by atoms with van der Waals surface area (Å²) in [5.74, 6) is -2.48. The molecule has 0 saturated heterocycles. The molecule has 5 N–H and O–H groups in total. The summed E-state index contributed by atoms with van der Waals surface area (Å²) in [6.07, 6.45) is 0.877. The van der Waals surface area contributed by atoms with Gasteiger partial charge in [0.15, 0.2) is 35.6 Å². The van der Waals surface area contributed by atoms with Gasteiger partial charge in [-0.25, -0.2) is 0 Å². The quantitative estimate of drug-likeness (QED) is 0.152. The molecule has 4 aromatic rings. The number of aldehydes is 2. The standard InChI is InChI=1S/C30H30O7/c1-12(2)22-18-7-14(5)16(9-17(18)20(10-31)26(33)29(22)36)24-15(6)8-19-23(13(3)4)30(37)27(34)21(11-32)25(19)28(24)35/h7-13,33-37H,1-6H3. The number of aryl methyl sites for hydroxylation is 2. The van der Waals surface area contributed by atoms with Crippen LogP contribution in [-0.2, 0) is 0 Å². The molecule has 0 aliphatic rings. The van der Waals surface area contributed by atoms with Crippen LogP contribution in [0.4, 0.5) is 0 Å². The van der Waals surface area contributed by atoms with Gasteiger partial charge in [0.25, 0.3) is 0 Å². The summed E-state index contributed by atoms with van der Waals surface area (Å²) in [6, 6.07) is 5.23. The van der Waals surface area contributed by atoms with Gasteiger partial charge in [-0.1, -0.05) is 39.8 Å². The minimum atomic E-state index is -0.600. The molecular weight excluding hydrogens is 472 g/mol. The highest BCUT2D eigenvalue weighted by atomic mass is 16.3. The number of benzene rings is 4. The van der Waals surface area contributed by atoms with Gasteiger partial charge in [0, 0.05) is 22.1 Å². The molecule has 0 heterocycles. The fourth-order valence-electron chi connectivity index (χ4n) is 5.46. The van der Waals surface area contributed by atoms with Crippen molar-refractivity contribution in [1.82, 2.24) is 0 Å². The maximum absolute atomic E-state index is 12.0. The Labute approximate surface area is 214 Å². The Hall–Kier alpha value is -4.26. The van der Waals surface area contributed by atoms with E-state index in [9.17, 15) is 35.1 Å². The van der Waals surface area contributed by atoms with Gasteiger partial charge in [0.2, 0.25) is 0 Å². The van der Waals surface area contributed by atoms with Gasteiger partial charge in [-0.2, -0.15) is 0 Å². The molecule has 0 amide bonds. The lowest BCUT2D eigenvalue weighted by Gasteiger charge is -2.22. The Bertz CT molecular complexity index is 1630. The highest BCUT2D eigenvalue weighted by Crippen LogP contribution is 2.51. The van der Waals surface area contributed by atoms with Crippen LogP contribution in [0.25, 0.3) is 32.7 Å². The van der Waals surface area contributed by atoms with E-state index in [0.29, 0.717) is 62.1 Å². The summed E-state index contributed by atoms with van der Waals surface area (Å²) in [4.78, 5) is 23.9. The fraction of sp³-hybridized carbons (Fsp3) is 0.267. The molecule has 7 heteroatoms. The normalized spacial score (nSPS) is 11.7. The topological polar surface area (TPSA) is 135 Å². The second-order valence-electron chi connectivity index (χ2n) is 10.1. The van der Waals surface area contributed by atoms with Crippen molar-refractivity contribution < 1.29 is 35.1 Å². The first-order chi connectivity index (χ1) is 17.4. The van der Waals surface area contributed by atoms with Gasteiger partial charge in [-0.15, -0.1) is 0 Å². The highest BCUT2D eigenvalue weighted by Gasteiger charge is 2.27. The van der Waals surface area contributed by atoms with Crippen molar-refractivity contribution in [2.45, 2.75) is 53.4 Å². The van der Waals surface area contributed by atoms with Crippen molar-refractivity contribution in [2.75, 3.05) is 0 Å². The van der Waals surface area contributed by atoms with Gasteiger partial charge < -0.3 is 25.5 Å². The van der Waals surface area contributed by atoms with E-state index >= 15 is 0 Å². The predicted octanol–water partition coefficient (Wildman–Crippen LogP) is 6.68. The number of phenolic OH excluding ortho intramolecular Hbond substituents is 5. The molecule has 7 nitrogen and oxygen atoms in total. The van der Waals surface area contributed by atoms with Crippen molar-refractivity contribution in [2.24, 2.45) is 0 Å². The van der Waals surface area contributed by atoms with Crippen LogP contribution in [0.2, 0.25) is 0 Å². The van der Waals surface area contributed by atoms with Crippen molar-refractivity contribution in [3.63, 3.8) is 0 Å². The molecule has 0 bridgehead atoms. The SMILES string of the molecule is Cc1cc2c(C(C)C)c(O)c(O)c(C=O)c2cc1-c1c(C)cc2c(C(C)C)c(O)c(O)c(C=O)c2c1O. The van der Waals surface area contributed by atoms with Gasteiger partial charge in [0.1, 0.15) is 5.75 Å². The largest absolute Gasteiger partial charge is 0.507 e. The zero-order valence-corrected chi connectivity index (χ0v) is 21.6. The van der Waals surface area contributed by atoms with Crippen molar-refractivity contribution in [1.29, 1.82) is 0 Å². The highest BCUT2D eigenvalue weighted by molar-refractivity contribution is 6.12. The van der Waals surface area contributed by atoms with Crippen LogP contribution in [0.3, 0.4) is 0 Å². The molecule has 0 fully saturated rings. The molecule has 0 aromatic heterocycles. The fourth-order valence-corrected chi connectivity index (χ4v) is 5.46. The van der Waals surface area contributed by atoms with E-state index in [1.807, 2.05) is 34.6 Å². The molecule has 0 saturated carbocycles. The Morgan fingerprint density at radius 1 is 0.595 bits per heavy atom. The second kappa shape index (κ2) is 9.00. The number of phenols is 5. The molecule has 37 heavy (non-hydrogen) atoms. The van der Waals surface area contributed by atoms with Crippen molar-refractivity contribution in [3.05, 3.63) is 51.6 Å². The van der Waals surface area contributed by atoms with E-state index in [0.717, 1.165) is 0 Å². The van der Waals surface area contributed by atoms with Gasteiger partial charge in [0.05, 0.1) is 11.1 Å². The molecule has 4 rings (SSSR count). The number of hydrogen-bond donors (Lipinski definition) is 5. The monoisotopic (exact) mass is 502 g/mol. The molecule has 0 aliphatic carbocycles. The van der Waals surface area contributed by atoms with Crippen LogP contribution in [-0.4, -0.2) is 38.1 Å². The molecule has 0 atom stereocenters. The molecule has 0 aliphatic heterocycles. The first kappa shape index (κ1) is 25.8.